The normalized spacial score (nSPS) is 30.3. The van der Waals surface area contributed by atoms with Gasteiger partial charge in [-0.15, -0.1) is 0 Å². The van der Waals surface area contributed by atoms with Crippen molar-refractivity contribution in [2.24, 2.45) is 23.7 Å². The van der Waals surface area contributed by atoms with Crippen LogP contribution in [0.5, 0.6) is 0 Å². The van der Waals surface area contributed by atoms with Gasteiger partial charge in [-0.05, 0) is 68.1 Å². The van der Waals surface area contributed by atoms with Crippen molar-refractivity contribution < 1.29 is 22.8 Å². The second-order valence-electron chi connectivity index (χ2n) is 9.66. The average Bonchev–Trinajstić information content (AvgIpc) is 3.34. The van der Waals surface area contributed by atoms with Crippen LogP contribution in [-0.2, 0) is 15.8 Å². The van der Waals surface area contributed by atoms with E-state index in [0.717, 1.165) is 44.0 Å². The number of halogens is 3. The lowest BCUT2D eigenvalue weighted by atomic mass is 9.83. The van der Waals surface area contributed by atoms with Crippen molar-refractivity contribution in [3.8, 4) is 0 Å². The molecule has 3 fully saturated rings. The van der Waals surface area contributed by atoms with Crippen LogP contribution >= 0.6 is 0 Å². The molecule has 2 aliphatic carbocycles. The lowest BCUT2D eigenvalue weighted by Crippen LogP contribution is -2.51. The van der Waals surface area contributed by atoms with Crippen molar-refractivity contribution in [1.82, 2.24) is 10.2 Å². The number of nitrogens with one attached hydrogen (secondary N) is 2. The van der Waals surface area contributed by atoms with Gasteiger partial charge in [0.15, 0.2) is 0 Å². The summed E-state index contributed by atoms with van der Waals surface area (Å²) in [5.41, 5.74) is -0.760. The van der Waals surface area contributed by atoms with Crippen molar-refractivity contribution in [3.63, 3.8) is 0 Å². The number of anilines is 1. The van der Waals surface area contributed by atoms with E-state index in [1.165, 1.54) is 37.8 Å². The molecule has 32 heavy (non-hydrogen) atoms. The first-order chi connectivity index (χ1) is 15.2. The van der Waals surface area contributed by atoms with Crippen LogP contribution in [-0.4, -0.2) is 42.4 Å². The smallest absolute Gasteiger partial charge is 0.347 e. The van der Waals surface area contributed by atoms with Crippen molar-refractivity contribution >= 4 is 17.5 Å². The number of carbonyl (C=O) groups is 2. The molecule has 8 heteroatoms. The van der Waals surface area contributed by atoms with E-state index in [2.05, 4.69) is 22.5 Å². The molecule has 2 saturated carbocycles. The molecule has 1 aromatic carbocycles. The minimum atomic E-state index is -4.47. The van der Waals surface area contributed by atoms with E-state index in [9.17, 15) is 22.8 Å². The van der Waals surface area contributed by atoms with Crippen molar-refractivity contribution in [1.29, 1.82) is 0 Å². The summed E-state index contributed by atoms with van der Waals surface area (Å²) in [6, 6.07) is 5.13. The third-order valence-corrected chi connectivity index (χ3v) is 7.67. The highest BCUT2D eigenvalue weighted by Gasteiger charge is 2.47. The highest BCUT2D eigenvalue weighted by Crippen LogP contribution is 2.44. The standard InChI is InChI=1S/C24H32F3N3O2/c1-2-15-6-9-20(10-15)30-13-16-7-8-17(14-30)22(16)23(32)28-12-21(31)29-19-5-3-4-18(11-19)24(25,26)27/h3-5,11,15-17,20,22H,2,6-10,12-14H2,1H3,(H,28,32)(H,29,31). The predicted octanol–water partition coefficient (Wildman–Crippen LogP) is 4.30. The molecular formula is C24H32F3N3O2. The molecule has 2 N–H and O–H groups in total. The molecule has 1 heterocycles. The zero-order valence-corrected chi connectivity index (χ0v) is 18.5. The quantitative estimate of drug-likeness (QED) is 0.678. The fraction of sp³-hybridized carbons (Fsp3) is 0.667. The molecule has 5 nitrogen and oxygen atoms in total. The summed E-state index contributed by atoms with van der Waals surface area (Å²) >= 11 is 0. The Hall–Kier alpha value is -2.09. The van der Waals surface area contributed by atoms with E-state index in [0.29, 0.717) is 17.9 Å². The second-order valence-corrected chi connectivity index (χ2v) is 9.66. The number of hydrogen-bond donors (Lipinski definition) is 2. The number of fused-ring (bicyclic) bond motifs is 2. The summed E-state index contributed by atoms with van der Waals surface area (Å²) in [5, 5.41) is 5.17. The molecular weight excluding hydrogens is 419 g/mol. The average molecular weight is 452 g/mol. The topological polar surface area (TPSA) is 61.4 Å². The van der Waals surface area contributed by atoms with Crippen LogP contribution < -0.4 is 10.6 Å². The lowest BCUT2D eigenvalue weighted by molar-refractivity contribution is -0.137. The van der Waals surface area contributed by atoms with Gasteiger partial charge < -0.3 is 10.6 Å². The zero-order chi connectivity index (χ0) is 22.9. The molecule has 4 rings (SSSR count). The Morgan fingerprint density at radius 3 is 2.44 bits per heavy atom. The minimum absolute atomic E-state index is 0.0643. The van der Waals surface area contributed by atoms with Crippen molar-refractivity contribution in [3.05, 3.63) is 29.8 Å². The van der Waals surface area contributed by atoms with Gasteiger partial charge in [-0.2, -0.15) is 13.2 Å². The number of carbonyl (C=O) groups excluding carboxylic acids is 2. The maximum absolute atomic E-state index is 12.9. The molecule has 176 valence electrons. The van der Waals surface area contributed by atoms with Crippen LogP contribution in [0.2, 0.25) is 0 Å². The SMILES string of the molecule is CCC1CCC(N2CC3CCC(C2)C3C(=O)NCC(=O)Nc2cccc(C(F)(F)F)c2)C1. The third kappa shape index (κ3) is 5.11. The first-order valence-electron chi connectivity index (χ1n) is 11.7. The Balaban J connectivity index is 1.27. The second kappa shape index (κ2) is 9.41. The van der Waals surface area contributed by atoms with E-state index < -0.39 is 17.6 Å². The first kappa shape index (κ1) is 23.1. The molecule has 4 unspecified atom stereocenters. The molecule has 4 atom stereocenters. The number of nitrogens with zero attached hydrogens (tertiary/aromatic N) is 1. The number of benzene rings is 1. The first-order valence-corrected chi connectivity index (χ1v) is 11.7. The van der Waals surface area contributed by atoms with E-state index in [1.807, 2.05) is 0 Å². The van der Waals surface area contributed by atoms with Gasteiger partial charge >= 0.3 is 6.18 Å². The van der Waals surface area contributed by atoms with Crippen LogP contribution in [0.15, 0.2) is 24.3 Å². The Bertz CT molecular complexity index is 830. The zero-order valence-electron chi connectivity index (χ0n) is 18.5. The molecule has 2 amide bonds. The number of likely N-dealkylation sites (tertiary alicyclic amines) is 1. The van der Waals surface area contributed by atoms with Gasteiger partial charge in [0.05, 0.1) is 12.1 Å². The Morgan fingerprint density at radius 2 is 1.81 bits per heavy atom. The largest absolute Gasteiger partial charge is 0.416 e. The summed E-state index contributed by atoms with van der Waals surface area (Å²) in [5.74, 6) is 0.764. The predicted molar refractivity (Wildman–Crippen MR) is 116 cm³/mol. The van der Waals surface area contributed by atoms with E-state index in [-0.39, 0.29) is 24.1 Å². The maximum atomic E-state index is 12.9. The Morgan fingerprint density at radius 1 is 1.09 bits per heavy atom. The molecule has 2 bridgehead atoms. The van der Waals surface area contributed by atoms with Gasteiger partial charge in [0.25, 0.3) is 0 Å². The number of alkyl halides is 3. The van der Waals surface area contributed by atoms with Crippen molar-refractivity contribution in [2.45, 2.75) is 57.7 Å². The molecule has 0 spiro atoms. The maximum Gasteiger partial charge on any atom is 0.416 e. The van der Waals surface area contributed by atoms with Gasteiger partial charge in [-0.3, -0.25) is 14.5 Å². The molecule has 0 aromatic heterocycles. The van der Waals surface area contributed by atoms with E-state index in [4.69, 9.17) is 0 Å². The van der Waals surface area contributed by atoms with Crippen LogP contribution in [0.25, 0.3) is 0 Å². The van der Waals surface area contributed by atoms with Crippen LogP contribution in [0, 0.1) is 23.7 Å². The van der Waals surface area contributed by atoms with Gasteiger partial charge in [-0.1, -0.05) is 19.4 Å². The molecule has 1 aromatic rings. The lowest BCUT2D eigenvalue weighted by Gasteiger charge is -2.40. The van der Waals surface area contributed by atoms with Crippen LogP contribution in [0.1, 0.15) is 51.0 Å². The molecule has 0 radical (unpaired) electrons. The summed E-state index contributed by atoms with van der Waals surface area (Å²) in [7, 11) is 0. The Labute approximate surface area is 187 Å². The summed E-state index contributed by atoms with van der Waals surface area (Å²) in [6.45, 7) is 3.92. The fourth-order valence-corrected chi connectivity index (χ4v) is 6.00. The number of piperidine rings is 1. The van der Waals surface area contributed by atoms with E-state index in [1.54, 1.807) is 0 Å². The van der Waals surface area contributed by atoms with Crippen LogP contribution in [0.3, 0.4) is 0 Å². The monoisotopic (exact) mass is 451 g/mol. The molecule has 1 saturated heterocycles. The highest BCUT2D eigenvalue weighted by atomic mass is 19.4. The highest BCUT2D eigenvalue weighted by molar-refractivity contribution is 5.95. The summed E-state index contributed by atoms with van der Waals surface area (Å²) < 4.78 is 38.5. The Kier molecular flexibility index (Phi) is 6.79. The minimum Gasteiger partial charge on any atom is -0.347 e. The van der Waals surface area contributed by atoms with Gasteiger partial charge in [0.2, 0.25) is 11.8 Å². The number of amides is 2. The summed E-state index contributed by atoms with van der Waals surface area (Å²) in [4.78, 5) is 27.7. The van der Waals surface area contributed by atoms with Gasteiger partial charge in [-0.25, -0.2) is 0 Å². The third-order valence-electron chi connectivity index (χ3n) is 7.67. The van der Waals surface area contributed by atoms with Crippen LogP contribution in [0.4, 0.5) is 18.9 Å². The number of hydrogen-bond acceptors (Lipinski definition) is 3. The van der Waals surface area contributed by atoms with Crippen molar-refractivity contribution in [2.75, 3.05) is 25.0 Å². The molecule has 1 aliphatic heterocycles. The summed E-state index contributed by atoms with van der Waals surface area (Å²) in [6.07, 6.45) is 2.67. The van der Waals surface area contributed by atoms with Gasteiger partial charge in [0.1, 0.15) is 0 Å². The fourth-order valence-electron chi connectivity index (χ4n) is 6.00. The molecule has 3 aliphatic rings. The van der Waals surface area contributed by atoms with E-state index >= 15 is 0 Å². The van der Waals surface area contributed by atoms with Gasteiger partial charge in [0, 0.05) is 30.7 Å². The number of rotatable bonds is 6.